The predicted octanol–water partition coefficient (Wildman–Crippen LogP) is 0.918. The first-order valence-corrected chi connectivity index (χ1v) is 5.97. The number of aromatic nitrogens is 1. The molecule has 18 heavy (non-hydrogen) atoms. The van der Waals surface area contributed by atoms with Gasteiger partial charge in [-0.3, -0.25) is 9.59 Å². The fraction of sp³-hybridized carbons (Fsp3) is 0.538. The molecule has 1 amide bonds. The third-order valence-electron chi connectivity index (χ3n) is 3.81. The fourth-order valence-electron chi connectivity index (χ4n) is 2.32. The molecule has 1 heterocycles. The molecule has 1 saturated carbocycles. The van der Waals surface area contributed by atoms with Crippen molar-refractivity contribution in [2.45, 2.75) is 32.4 Å². The molecule has 2 rings (SSSR count). The number of hydrogen-bond acceptors (Lipinski definition) is 3. The van der Waals surface area contributed by atoms with Crippen LogP contribution in [0.2, 0.25) is 0 Å². The van der Waals surface area contributed by atoms with Gasteiger partial charge >= 0.3 is 0 Å². The molecule has 1 aliphatic rings. The highest BCUT2D eigenvalue weighted by Crippen LogP contribution is 2.42. The Morgan fingerprint density at radius 2 is 2.22 bits per heavy atom. The molecule has 2 unspecified atom stereocenters. The van der Waals surface area contributed by atoms with Crippen LogP contribution in [0.3, 0.4) is 0 Å². The number of H-pyrrole nitrogens is 1. The van der Waals surface area contributed by atoms with Gasteiger partial charge in [0.05, 0.1) is 11.7 Å². The summed E-state index contributed by atoms with van der Waals surface area (Å²) in [6, 6.07) is 2.97. The van der Waals surface area contributed by atoms with E-state index in [1.807, 2.05) is 0 Å². The summed E-state index contributed by atoms with van der Waals surface area (Å²) in [6.45, 7) is 4.14. The van der Waals surface area contributed by atoms with Gasteiger partial charge in [0.1, 0.15) is 0 Å². The van der Waals surface area contributed by atoms with Gasteiger partial charge in [0.15, 0.2) is 0 Å². The molecule has 1 aromatic rings. The molecule has 0 aromatic carbocycles. The molecule has 98 valence electrons. The number of nitrogens with one attached hydrogen (secondary N) is 2. The van der Waals surface area contributed by atoms with Gasteiger partial charge in [0.2, 0.25) is 5.56 Å². The molecule has 2 N–H and O–H groups in total. The molecular weight excluding hydrogens is 232 g/mol. The van der Waals surface area contributed by atoms with Crippen molar-refractivity contribution in [2.75, 3.05) is 7.11 Å². The van der Waals surface area contributed by atoms with Crippen molar-refractivity contribution < 1.29 is 9.53 Å². The fourth-order valence-corrected chi connectivity index (χ4v) is 2.32. The maximum atomic E-state index is 12.0. The van der Waals surface area contributed by atoms with E-state index in [1.54, 1.807) is 7.11 Å². The van der Waals surface area contributed by atoms with E-state index in [4.69, 9.17) is 4.74 Å². The quantitative estimate of drug-likeness (QED) is 0.838. The molecule has 1 aromatic heterocycles. The molecule has 0 radical (unpaired) electrons. The van der Waals surface area contributed by atoms with Crippen molar-refractivity contribution >= 4 is 5.91 Å². The van der Waals surface area contributed by atoms with Gasteiger partial charge in [-0.2, -0.15) is 0 Å². The number of pyridine rings is 1. The van der Waals surface area contributed by atoms with Gasteiger partial charge in [-0.15, -0.1) is 0 Å². The number of carbonyl (C=O) groups excluding carboxylic acids is 1. The Kier molecular flexibility index (Phi) is 3.26. The maximum absolute atomic E-state index is 12.0. The molecular formula is C13H18N2O3. The summed E-state index contributed by atoms with van der Waals surface area (Å²) in [7, 11) is 1.69. The van der Waals surface area contributed by atoms with Gasteiger partial charge < -0.3 is 15.0 Å². The molecule has 0 bridgehead atoms. The second-order valence-electron chi connectivity index (χ2n) is 5.25. The molecule has 5 heteroatoms. The lowest BCUT2D eigenvalue weighted by Gasteiger charge is -2.51. The van der Waals surface area contributed by atoms with Crippen LogP contribution in [-0.4, -0.2) is 30.1 Å². The second kappa shape index (κ2) is 4.57. The van der Waals surface area contributed by atoms with E-state index in [-0.39, 0.29) is 29.0 Å². The van der Waals surface area contributed by atoms with Gasteiger partial charge in [-0.05, 0) is 12.5 Å². The standard InChI is InChI=1S/C13H18N2O3/c1-13(2)9(6-10(13)18-3)15-12(17)8-4-5-11(16)14-7-8/h4-5,7,9-10H,6H2,1-3H3,(H,14,16)(H,15,17). The normalized spacial score (nSPS) is 25.3. The summed E-state index contributed by atoms with van der Waals surface area (Å²) >= 11 is 0. The lowest BCUT2D eigenvalue weighted by Crippen LogP contribution is -2.61. The Labute approximate surface area is 106 Å². The molecule has 0 saturated heterocycles. The highest BCUT2D eigenvalue weighted by molar-refractivity contribution is 5.94. The number of amides is 1. The highest BCUT2D eigenvalue weighted by atomic mass is 16.5. The average Bonchev–Trinajstić information content (AvgIpc) is 2.34. The van der Waals surface area contributed by atoms with Gasteiger partial charge in [-0.1, -0.05) is 13.8 Å². The van der Waals surface area contributed by atoms with E-state index in [1.165, 1.54) is 18.3 Å². The van der Waals surface area contributed by atoms with Crippen LogP contribution in [-0.2, 0) is 4.74 Å². The lowest BCUT2D eigenvalue weighted by molar-refractivity contribution is -0.0942. The highest BCUT2D eigenvalue weighted by Gasteiger charge is 2.49. The Bertz CT molecular complexity index is 487. The van der Waals surface area contributed by atoms with Crippen molar-refractivity contribution in [1.82, 2.24) is 10.3 Å². The van der Waals surface area contributed by atoms with Crippen LogP contribution >= 0.6 is 0 Å². The molecule has 5 nitrogen and oxygen atoms in total. The molecule has 2 atom stereocenters. The van der Waals surface area contributed by atoms with Crippen molar-refractivity contribution in [3.63, 3.8) is 0 Å². The number of methoxy groups -OCH3 is 1. The largest absolute Gasteiger partial charge is 0.381 e. The van der Waals surface area contributed by atoms with Crippen LogP contribution in [0.15, 0.2) is 23.1 Å². The topological polar surface area (TPSA) is 71.2 Å². The van der Waals surface area contributed by atoms with Crippen LogP contribution in [0.4, 0.5) is 0 Å². The van der Waals surface area contributed by atoms with Crippen molar-refractivity contribution in [1.29, 1.82) is 0 Å². The minimum absolute atomic E-state index is 0.0629. The van der Waals surface area contributed by atoms with Crippen LogP contribution in [0.25, 0.3) is 0 Å². The van der Waals surface area contributed by atoms with E-state index < -0.39 is 0 Å². The maximum Gasteiger partial charge on any atom is 0.252 e. The average molecular weight is 250 g/mol. The predicted molar refractivity (Wildman–Crippen MR) is 67.5 cm³/mol. The zero-order chi connectivity index (χ0) is 13.3. The van der Waals surface area contributed by atoms with Crippen molar-refractivity contribution in [3.8, 4) is 0 Å². The minimum Gasteiger partial charge on any atom is -0.381 e. The Morgan fingerprint density at radius 1 is 1.50 bits per heavy atom. The SMILES string of the molecule is COC1CC(NC(=O)c2ccc(=O)[nH]c2)C1(C)C. The first-order valence-electron chi connectivity index (χ1n) is 5.97. The Balaban J connectivity index is 2.01. The van der Waals surface area contributed by atoms with E-state index >= 15 is 0 Å². The van der Waals surface area contributed by atoms with E-state index in [9.17, 15) is 9.59 Å². The zero-order valence-corrected chi connectivity index (χ0v) is 10.8. The first kappa shape index (κ1) is 12.8. The summed E-state index contributed by atoms with van der Waals surface area (Å²) < 4.78 is 5.34. The smallest absolute Gasteiger partial charge is 0.252 e. The Hall–Kier alpha value is -1.62. The van der Waals surface area contributed by atoms with Crippen LogP contribution < -0.4 is 10.9 Å². The number of rotatable bonds is 3. The minimum atomic E-state index is -0.213. The second-order valence-corrected chi connectivity index (χ2v) is 5.25. The first-order chi connectivity index (χ1) is 8.45. The van der Waals surface area contributed by atoms with Crippen molar-refractivity contribution in [2.24, 2.45) is 5.41 Å². The zero-order valence-electron chi connectivity index (χ0n) is 10.8. The summed E-state index contributed by atoms with van der Waals surface area (Å²) in [6.07, 6.45) is 2.42. The third-order valence-corrected chi connectivity index (χ3v) is 3.81. The van der Waals surface area contributed by atoms with Gasteiger partial charge in [0.25, 0.3) is 5.91 Å². The number of ether oxygens (including phenoxy) is 1. The van der Waals surface area contributed by atoms with Crippen LogP contribution in [0.5, 0.6) is 0 Å². The number of hydrogen-bond donors (Lipinski definition) is 2. The molecule has 0 spiro atoms. The van der Waals surface area contributed by atoms with E-state index in [0.717, 1.165) is 6.42 Å². The third kappa shape index (κ3) is 2.18. The molecule has 1 aliphatic carbocycles. The van der Waals surface area contributed by atoms with Crippen LogP contribution in [0.1, 0.15) is 30.6 Å². The lowest BCUT2D eigenvalue weighted by atomic mass is 9.64. The monoisotopic (exact) mass is 250 g/mol. The summed E-state index contributed by atoms with van der Waals surface area (Å²) in [5.74, 6) is -0.168. The number of aromatic amines is 1. The van der Waals surface area contributed by atoms with E-state index in [2.05, 4.69) is 24.1 Å². The van der Waals surface area contributed by atoms with Gasteiger partial charge in [-0.25, -0.2) is 0 Å². The summed E-state index contributed by atoms with van der Waals surface area (Å²) in [5, 5.41) is 2.97. The van der Waals surface area contributed by atoms with Crippen molar-refractivity contribution in [3.05, 3.63) is 34.2 Å². The van der Waals surface area contributed by atoms with Gasteiger partial charge in [0, 0.05) is 30.8 Å². The Morgan fingerprint density at radius 3 is 2.72 bits per heavy atom. The molecule has 0 aliphatic heterocycles. The molecule has 1 fully saturated rings. The van der Waals surface area contributed by atoms with E-state index in [0.29, 0.717) is 5.56 Å². The number of carbonyl (C=O) groups is 1. The summed E-state index contributed by atoms with van der Waals surface area (Å²) in [5.41, 5.74) is 0.188. The summed E-state index contributed by atoms with van der Waals surface area (Å²) in [4.78, 5) is 25.4. The van der Waals surface area contributed by atoms with Crippen LogP contribution in [0, 0.1) is 5.41 Å².